The number of hydrogen-bond donors (Lipinski definition) is 1. The minimum absolute atomic E-state index is 0.167. The summed E-state index contributed by atoms with van der Waals surface area (Å²) in [5.41, 5.74) is 2.13. The predicted octanol–water partition coefficient (Wildman–Crippen LogP) is 5.21. The summed E-state index contributed by atoms with van der Waals surface area (Å²) in [6.45, 7) is 7.77. The van der Waals surface area contributed by atoms with Crippen molar-refractivity contribution in [2.75, 3.05) is 6.54 Å². The number of nitrogens with one attached hydrogen (secondary N) is 1. The molecule has 2 aliphatic carbocycles. The molecule has 21 heavy (non-hydrogen) atoms. The largest absolute Gasteiger partial charge is 0.306 e. The maximum Gasteiger partial charge on any atom is 0.113 e. The fourth-order valence-corrected chi connectivity index (χ4v) is 5.63. The molecule has 0 amide bonds. The molecule has 2 saturated carbocycles. The van der Waals surface area contributed by atoms with Crippen LogP contribution < -0.4 is 5.32 Å². The van der Waals surface area contributed by atoms with Crippen molar-refractivity contribution >= 4 is 11.3 Å². The van der Waals surface area contributed by atoms with E-state index in [1.165, 1.54) is 62.1 Å². The minimum atomic E-state index is 0.167. The highest BCUT2D eigenvalue weighted by Gasteiger charge is 2.45. The molecule has 0 aromatic carbocycles. The van der Waals surface area contributed by atoms with Gasteiger partial charge in [0.25, 0.3) is 0 Å². The lowest BCUT2D eigenvalue weighted by molar-refractivity contribution is 0.110. The monoisotopic (exact) mass is 306 g/mol. The third-order valence-corrected chi connectivity index (χ3v) is 6.93. The van der Waals surface area contributed by atoms with Gasteiger partial charge >= 0.3 is 0 Å². The van der Waals surface area contributed by atoms with E-state index >= 15 is 0 Å². The molecule has 0 saturated heterocycles. The van der Waals surface area contributed by atoms with Crippen LogP contribution in [-0.2, 0) is 5.54 Å². The molecule has 1 heterocycles. The van der Waals surface area contributed by atoms with E-state index in [0.717, 1.165) is 6.54 Å². The van der Waals surface area contributed by atoms with Crippen molar-refractivity contribution in [2.45, 2.75) is 83.6 Å². The van der Waals surface area contributed by atoms with Crippen LogP contribution in [0.3, 0.4) is 0 Å². The molecule has 0 atom stereocenters. The zero-order valence-electron chi connectivity index (χ0n) is 13.9. The highest BCUT2D eigenvalue weighted by molar-refractivity contribution is 7.09. The quantitative estimate of drug-likeness (QED) is 0.826. The summed E-state index contributed by atoms with van der Waals surface area (Å²) in [6.07, 6.45) is 11.2. The van der Waals surface area contributed by atoms with E-state index in [9.17, 15) is 0 Å². The lowest BCUT2D eigenvalue weighted by atomic mass is 9.66. The SMILES string of the molecule is CCNC1(c2nc(C(C)C)cs2)CCC2(CCCC2)CC1. The normalized spacial score (nSPS) is 24.0. The van der Waals surface area contributed by atoms with E-state index in [4.69, 9.17) is 4.98 Å². The van der Waals surface area contributed by atoms with Crippen LogP contribution in [0.2, 0.25) is 0 Å². The van der Waals surface area contributed by atoms with E-state index in [2.05, 4.69) is 31.5 Å². The molecule has 0 bridgehead atoms. The number of hydrogen-bond acceptors (Lipinski definition) is 3. The third kappa shape index (κ3) is 2.92. The van der Waals surface area contributed by atoms with Gasteiger partial charge in [-0.25, -0.2) is 4.98 Å². The Morgan fingerprint density at radius 2 is 1.81 bits per heavy atom. The fourth-order valence-electron chi connectivity index (χ4n) is 4.41. The maximum absolute atomic E-state index is 5.00. The van der Waals surface area contributed by atoms with Gasteiger partial charge in [0.2, 0.25) is 0 Å². The van der Waals surface area contributed by atoms with Crippen molar-refractivity contribution in [3.05, 3.63) is 16.1 Å². The summed E-state index contributed by atoms with van der Waals surface area (Å²) in [6, 6.07) is 0. The lowest BCUT2D eigenvalue weighted by Crippen LogP contribution is -2.47. The summed E-state index contributed by atoms with van der Waals surface area (Å²) in [5.74, 6) is 0.540. The van der Waals surface area contributed by atoms with Crippen LogP contribution >= 0.6 is 11.3 Å². The molecule has 0 radical (unpaired) electrons. The Hall–Kier alpha value is -0.410. The average molecular weight is 307 g/mol. The van der Waals surface area contributed by atoms with Crippen LogP contribution in [0.15, 0.2) is 5.38 Å². The number of thiazole rings is 1. The lowest BCUT2D eigenvalue weighted by Gasteiger charge is -2.44. The predicted molar refractivity (Wildman–Crippen MR) is 90.9 cm³/mol. The van der Waals surface area contributed by atoms with Crippen molar-refractivity contribution in [1.82, 2.24) is 10.3 Å². The fraction of sp³-hybridized carbons (Fsp3) is 0.833. The van der Waals surface area contributed by atoms with Gasteiger partial charge in [0.15, 0.2) is 0 Å². The van der Waals surface area contributed by atoms with Gasteiger partial charge in [-0.1, -0.05) is 33.6 Å². The first-order chi connectivity index (χ1) is 10.1. The van der Waals surface area contributed by atoms with Crippen molar-refractivity contribution in [3.8, 4) is 0 Å². The zero-order valence-corrected chi connectivity index (χ0v) is 14.7. The Bertz CT molecular complexity index is 461. The van der Waals surface area contributed by atoms with E-state index in [-0.39, 0.29) is 5.54 Å². The first-order valence-electron chi connectivity index (χ1n) is 8.80. The molecule has 118 valence electrons. The summed E-state index contributed by atoms with van der Waals surface area (Å²) < 4.78 is 0. The average Bonchev–Trinajstić information content (AvgIpc) is 3.12. The molecule has 1 N–H and O–H groups in total. The summed E-state index contributed by atoms with van der Waals surface area (Å²) >= 11 is 1.88. The molecule has 1 aromatic rings. The van der Waals surface area contributed by atoms with Gasteiger partial charge in [-0.05, 0) is 56.4 Å². The van der Waals surface area contributed by atoms with Gasteiger partial charge in [0.05, 0.1) is 11.2 Å². The van der Waals surface area contributed by atoms with Crippen molar-refractivity contribution in [2.24, 2.45) is 5.41 Å². The van der Waals surface area contributed by atoms with Crippen LogP contribution in [0.4, 0.5) is 0 Å². The standard InChI is InChI=1S/C18H30N2S/c1-4-19-18(16-20-15(13-21-16)14(2)3)11-9-17(10-12-18)7-5-6-8-17/h13-14,19H,4-12H2,1-3H3. The molecule has 3 heteroatoms. The number of aromatic nitrogens is 1. The van der Waals surface area contributed by atoms with Gasteiger partial charge in [0.1, 0.15) is 5.01 Å². The second-order valence-electron chi connectivity index (χ2n) is 7.55. The van der Waals surface area contributed by atoms with Gasteiger partial charge in [0, 0.05) is 5.38 Å². The smallest absolute Gasteiger partial charge is 0.113 e. The van der Waals surface area contributed by atoms with Gasteiger partial charge < -0.3 is 5.32 Å². The summed E-state index contributed by atoms with van der Waals surface area (Å²) in [5, 5.41) is 7.45. The Labute approximate surface area is 133 Å². The van der Waals surface area contributed by atoms with Gasteiger partial charge in [-0.2, -0.15) is 0 Å². The number of nitrogens with zero attached hydrogens (tertiary/aromatic N) is 1. The Morgan fingerprint density at radius 1 is 1.14 bits per heavy atom. The molecule has 2 fully saturated rings. The molecular weight excluding hydrogens is 276 g/mol. The number of rotatable bonds is 4. The molecule has 0 aliphatic heterocycles. The second kappa shape index (κ2) is 6.00. The van der Waals surface area contributed by atoms with E-state index in [1.807, 2.05) is 11.3 Å². The Morgan fingerprint density at radius 3 is 2.33 bits per heavy atom. The molecule has 1 spiro atoms. The Balaban J connectivity index is 1.80. The Kier molecular flexibility index (Phi) is 4.42. The topological polar surface area (TPSA) is 24.9 Å². The molecule has 3 rings (SSSR count). The molecule has 2 nitrogen and oxygen atoms in total. The van der Waals surface area contributed by atoms with Crippen molar-refractivity contribution < 1.29 is 0 Å². The second-order valence-corrected chi connectivity index (χ2v) is 8.41. The minimum Gasteiger partial charge on any atom is -0.306 e. The summed E-state index contributed by atoms with van der Waals surface area (Å²) in [4.78, 5) is 5.00. The zero-order chi connectivity index (χ0) is 14.9. The first kappa shape index (κ1) is 15.5. The van der Waals surface area contributed by atoms with Crippen molar-refractivity contribution in [3.63, 3.8) is 0 Å². The maximum atomic E-state index is 5.00. The first-order valence-corrected chi connectivity index (χ1v) is 9.68. The van der Waals surface area contributed by atoms with Crippen LogP contribution in [0.5, 0.6) is 0 Å². The third-order valence-electron chi connectivity index (χ3n) is 5.87. The van der Waals surface area contributed by atoms with Gasteiger partial charge in [-0.3, -0.25) is 0 Å². The molecule has 0 unspecified atom stereocenters. The molecular formula is C18H30N2S. The van der Waals surface area contributed by atoms with E-state index < -0.39 is 0 Å². The van der Waals surface area contributed by atoms with Crippen LogP contribution in [0, 0.1) is 5.41 Å². The van der Waals surface area contributed by atoms with Crippen LogP contribution in [0.1, 0.15) is 88.8 Å². The molecule has 1 aromatic heterocycles. The van der Waals surface area contributed by atoms with Crippen molar-refractivity contribution in [1.29, 1.82) is 0 Å². The van der Waals surface area contributed by atoms with E-state index in [0.29, 0.717) is 11.3 Å². The van der Waals surface area contributed by atoms with Crippen LogP contribution in [0.25, 0.3) is 0 Å². The van der Waals surface area contributed by atoms with E-state index in [1.54, 1.807) is 0 Å². The highest BCUT2D eigenvalue weighted by atomic mass is 32.1. The highest BCUT2D eigenvalue weighted by Crippen LogP contribution is 2.53. The van der Waals surface area contributed by atoms with Crippen LogP contribution in [-0.4, -0.2) is 11.5 Å². The molecule has 2 aliphatic rings. The van der Waals surface area contributed by atoms with Gasteiger partial charge in [-0.15, -0.1) is 11.3 Å². The summed E-state index contributed by atoms with van der Waals surface area (Å²) in [7, 11) is 0.